The molecule has 0 radical (unpaired) electrons. The lowest BCUT2D eigenvalue weighted by atomic mass is 9.95. The van der Waals surface area contributed by atoms with E-state index >= 15 is 0 Å². The lowest BCUT2D eigenvalue weighted by Gasteiger charge is -2.33. The Bertz CT molecular complexity index is 829. The van der Waals surface area contributed by atoms with Crippen LogP contribution in [0.1, 0.15) is 29.0 Å². The Morgan fingerprint density at radius 3 is 2.74 bits per heavy atom. The Morgan fingerprint density at radius 2 is 2.00 bits per heavy atom. The van der Waals surface area contributed by atoms with Crippen LogP contribution < -0.4 is 10.1 Å². The summed E-state index contributed by atoms with van der Waals surface area (Å²) in [6.07, 6.45) is 3.58. The zero-order valence-electron chi connectivity index (χ0n) is 14.8. The van der Waals surface area contributed by atoms with E-state index in [-0.39, 0.29) is 23.8 Å². The average molecular weight is 389 g/mol. The average Bonchev–Trinajstić information content (AvgIpc) is 3.22. The first-order valence-electron chi connectivity index (χ1n) is 9.14. The molecule has 1 aromatic heterocycles. The molecule has 2 aromatic rings. The Morgan fingerprint density at radius 1 is 1.19 bits per heavy atom. The van der Waals surface area contributed by atoms with Crippen molar-refractivity contribution in [3.63, 3.8) is 0 Å². The number of ether oxygens (including phenoxy) is 1. The normalized spacial score (nSPS) is 19.9. The molecule has 1 unspecified atom stereocenters. The Labute approximate surface area is 162 Å². The van der Waals surface area contributed by atoms with Gasteiger partial charge in [-0.15, -0.1) is 0 Å². The van der Waals surface area contributed by atoms with E-state index in [9.17, 15) is 9.59 Å². The molecule has 7 heteroatoms. The largest absolute Gasteiger partial charge is 0.492 e. The molecule has 27 heavy (non-hydrogen) atoms. The van der Waals surface area contributed by atoms with Crippen LogP contribution in [0.3, 0.4) is 0 Å². The highest BCUT2D eigenvalue weighted by Crippen LogP contribution is 2.30. The molecule has 1 atom stereocenters. The Balaban J connectivity index is 1.29. The second-order valence-corrected chi connectivity index (χ2v) is 7.45. The number of benzene rings is 1. The van der Waals surface area contributed by atoms with E-state index in [0.29, 0.717) is 36.9 Å². The third-order valence-electron chi connectivity index (χ3n) is 5.16. The number of nitrogens with one attached hydrogen (secondary N) is 1. The zero-order valence-corrected chi connectivity index (χ0v) is 15.6. The van der Waals surface area contributed by atoms with E-state index in [1.165, 1.54) is 6.26 Å². The van der Waals surface area contributed by atoms with Crippen molar-refractivity contribution in [1.29, 1.82) is 0 Å². The summed E-state index contributed by atoms with van der Waals surface area (Å²) in [5.74, 6) is 0.830. The van der Waals surface area contributed by atoms with Gasteiger partial charge in [-0.2, -0.15) is 0 Å². The van der Waals surface area contributed by atoms with Crippen molar-refractivity contribution in [3.05, 3.63) is 52.9 Å². The molecule has 1 aromatic carbocycles. The van der Waals surface area contributed by atoms with Crippen LogP contribution in [0.2, 0.25) is 5.02 Å². The summed E-state index contributed by atoms with van der Waals surface area (Å²) in [5, 5.41) is 3.76. The van der Waals surface area contributed by atoms with Crippen molar-refractivity contribution in [3.8, 4) is 5.75 Å². The summed E-state index contributed by atoms with van der Waals surface area (Å²) in [6, 6.07) is 8.94. The van der Waals surface area contributed by atoms with Crippen LogP contribution >= 0.6 is 11.6 Å². The van der Waals surface area contributed by atoms with Crippen LogP contribution in [0.25, 0.3) is 0 Å². The molecule has 4 rings (SSSR count). The predicted molar refractivity (Wildman–Crippen MR) is 99.9 cm³/mol. The number of carbonyl (C=O) groups excluding carboxylic acids is 2. The Hall–Kier alpha value is -2.47. The fourth-order valence-corrected chi connectivity index (χ4v) is 3.83. The maximum Gasteiger partial charge on any atom is 0.289 e. The van der Waals surface area contributed by atoms with Crippen LogP contribution in [0.4, 0.5) is 0 Å². The van der Waals surface area contributed by atoms with Gasteiger partial charge in [0.15, 0.2) is 5.76 Å². The first-order chi connectivity index (χ1) is 13.1. The number of likely N-dealkylation sites (tertiary alicyclic amines) is 1. The lowest BCUT2D eigenvalue weighted by molar-refractivity contribution is -0.127. The van der Waals surface area contributed by atoms with Gasteiger partial charge in [0.2, 0.25) is 5.91 Å². The van der Waals surface area contributed by atoms with Crippen molar-refractivity contribution >= 4 is 23.4 Å². The van der Waals surface area contributed by atoms with Gasteiger partial charge in [-0.3, -0.25) is 9.59 Å². The van der Waals surface area contributed by atoms with Crippen LogP contribution in [0.5, 0.6) is 5.75 Å². The van der Waals surface area contributed by atoms with Gasteiger partial charge in [0, 0.05) is 24.2 Å². The summed E-state index contributed by atoms with van der Waals surface area (Å²) in [6.45, 7) is 1.57. The van der Waals surface area contributed by atoms with Gasteiger partial charge < -0.3 is 19.4 Å². The minimum atomic E-state index is -0.223. The highest BCUT2D eigenvalue weighted by molar-refractivity contribution is 6.30. The summed E-state index contributed by atoms with van der Waals surface area (Å²) in [4.78, 5) is 26.7. The fraction of sp³-hybridized carbons (Fsp3) is 0.400. The van der Waals surface area contributed by atoms with Gasteiger partial charge in [0.05, 0.1) is 12.2 Å². The van der Waals surface area contributed by atoms with Gasteiger partial charge in [-0.1, -0.05) is 11.6 Å². The molecular formula is C20H21ClN2O4. The van der Waals surface area contributed by atoms with Crippen molar-refractivity contribution in [1.82, 2.24) is 10.2 Å². The molecular weight excluding hydrogens is 368 g/mol. The first-order valence-corrected chi connectivity index (χ1v) is 9.52. The molecule has 0 aliphatic carbocycles. The number of hydrogen-bond donors (Lipinski definition) is 1. The summed E-state index contributed by atoms with van der Waals surface area (Å²) in [7, 11) is 0. The molecule has 0 bridgehead atoms. The molecule has 0 saturated carbocycles. The number of halogens is 1. The molecule has 2 aliphatic rings. The van der Waals surface area contributed by atoms with Gasteiger partial charge in [-0.05, 0) is 55.2 Å². The number of rotatable bonds is 3. The van der Waals surface area contributed by atoms with Crippen molar-refractivity contribution in [2.24, 2.45) is 5.92 Å². The number of furan rings is 1. The van der Waals surface area contributed by atoms with Crippen LogP contribution in [-0.4, -0.2) is 42.5 Å². The summed E-state index contributed by atoms with van der Waals surface area (Å²) >= 11 is 6.04. The maximum absolute atomic E-state index is 12.6. The molecule has 2 aliphatic heterocycles. The quantitative estimate of drug-likeness (QED) is 0.877. The van der Waals surface area contributed by atoms with E-state index in [0.717, 1.165) is 24.2 Å². The van der Waals surface area contributed by atoms with Crippen molar-refractivity contribution in [2.75, 3.05) is 19.7 Å². The summed E-state index contributed by atoms with van der Waals surface area (Å²) in [5.41, 5.74) is 0.966. The van der Waals surface area contributed by atoms with Crippen LogP contribution in [0.15, 0.2) is 41.0 Å². The number of amides is 2. The second-order valence-electron chi connectivity index (χ2n) is 7.02. The monoisotopic (exact) mass is 388 g/mol. The highest BCUT2D eigenvalue weighted by atomic mass is 35.5. The molecule has 6 nitrogen and oxygen atoms in total. The van der Waals surface area contributed by atoms with Crippen molar-refractivity contribution in [2.45, 2.75) is 25.3 Å². The smallest absolute Gasteiger partial charge is 0.289 e. The fourth-order valence-electron chi connectivity index (χ4n) is 3.63. The molecule has 1 fully saturated rings. The Kier molecular flexibility index (Phi) is 5.07. The molecule has 0 spiro atoms. The van der Waals surface area contributed by atoms with Gasteiger partial charge in [-0.25, -0.2) is 0 Å². The number of hydrogen-bond acceptors (Lipinski definition) is 4. The molecule has 3 heterocycles. The second kappa shape index (κ2) is 7.64. The standard InChI is InChI=1S/C20H21ClN2O4/c21-15-3-4-17-13(11-15)10-14(12-27-17)19(24)22-16-5-7-23(8-6-16)20(25)18-2-1-9-26-18/h1-4,9,11,14,16H,5-8,10,12H2,(H,22,24). The van der Waals surface area contributed by atoms with E-state index in [4.69, 9.17) is 20.8 Å². The third-order valence-corrected chi connectivity index (χ3v) is 5.40. The van der Waals surface area contributed by atoms with Crippen LogP contribution in [-0.2, 0) is 11.2 Å². The number of fused-ring (bicyclic) bond motifs is 1. The van der Waals surface area contributed by atoms with Crippen LogP contribution in [0, 0.1) is 5.92 Å². The predicted octanol–water partition coefficient (Wildman–Crippen LogP) is 2.91. The van der Waals surface area contributed by atoms with E-state index < -0.39 is 0 Å². The zero-order chi connectivity index (χ0) is 18.8. The first kappa shape index (κ1) is 17.9. The number of nitrogens with zero attached hydrogens (tertiary/aromatic N) is 1. The maximum atomic E-state index is 12.6. The van der Waals surface area contributed by atoms with Gasteiger partial charge in [0.25, 0.3) is 5.91 Å². The lowest BCUT2D eigenvalue weighted by Crippen LogP contribution is -2.49. The van der Waals surface area contributed by atoms with Crippen molar-refractivity contribution < 1.29 is 18.7 Å². The highest BCUT2D eigenvalue weighted by Gasteiger charge is 2.30. The molecule has 1 N–H and O–H groups in total. The molecule has 142 valence electrons. The minimum absolute atomic E-state index is 0.00330. The number of carbonyl (C=O) groups is 2. The topological polar surface area (TPSA) is 71.8 Å². The van der Waals surface area contributed by atoms with E-state index in [2.05, 4.69) is 5.32 Å². The van der Waals surface area contributed by atoms with E-state index in [1.54, 1.807) is 23.1 Å². The molecule has 2 amide bonds. The SMILES string of the molecule is O=C(NC1CCN(C(=O)c2ccco2)CC1)C1COc2ccc(Cl)cc2C1. The van der Waals surface area contributed by atoms with Gasteiger partial charge in [0.1, 0.15) is 12.4 Å². The third kappa shape index (κ3) is 3.95. The van der Waals surface area contributed by atoms with E-state index in [1.807, 2.05) is 12.1 Å². The summed E-state index contributed by atoms with van der Waals surface area (Å²) < 4.78 is 10.9. The molecule has 1 saturated heterocycles. The number of piperidine rings is 1. The minimum Gasteiger partial charge on any atom is -0.492 e. The van der Waals surface area contributed by atoms with Gasteiger partial charge >= 0.3 is 0 Å².